The Morgan fingerprint density at radius 1 is 1.27 bits per heavy atom. The van der Waals surface area contributed by atoms with Crippen LogP contribution in [0, 0.1) is 0 Å². The fraction of sp³-hybridized carbons (Fsp3) is 0.750. The van der Waals surface area contributed by atoms with Gasteiger partial charge in [0.25, 0.3) is 0 Å². The van der Waals surface area contributed by atoms with Crippen LogP contribution < -0.4 is 0 Å². The zero-order valence-electron chi connectivity index (χ0n) is 9.84. The molecule has 0 N–H and O–H groups in total. The average Bonchev–Trinajstić information content (AvgIpc) is 2.17. The van der Waals surface area contributed by atoms with Crippen LogP contribution in [0.1, 0.15) is 39.0 Å². The molecule has 3 heteroatoms. The number of likely N-dealkylation sites (N-methyl/N-ethyl adjacent to an activating group) is 1. The largest absolute Gasteiger partial charge is 0.303 e. The average molecular weight is 323 g/mol. The van der Waals surface area contributed by atoms with Crippen molar-refractivity contribution in [1.29, 1.82) is 0 Å². The molecule has 0 spiro atoms. The number of halogens is 1. The number of nitrogens with zero attached hydrogens (tertiary/aromatic N) is 1. The first-order valence-electron chi connectivity index (χ1n) is 5.71. The lowest BCUT2D eigenvalue weighted by Crippen LogP contribution is -2.19. The third kappa shape index (κ3) is 12.0. The van der Waals surface area contributed by atoms with E-state index >= 15 is 0 Å². The van der Waals surface area contributed by atoms with Crippen molar-refractivity contribution in [2.45, 2.75) is 39.0 Å². The molecule has 2 nitrogen and oxygen atoms in total. The molecule has 0 aromatic heterocycles. The van der Waals surface area contributed by atoms with Gasteiger partial charge in [0.05, 0.1) is 0 Å². The summed E-state index contributed by atoms with van der Waals surface area (Å²) in [6.45, 7) is 4.24. The SMILES string of the molecule is CCCCCCCN(C)C/C=C/C(=O)I. The van der Waals surface area contributed by atoms with Crippen molar-refractivity contribution in [3.8, 4) is 0 Å². The molecule has 0 saturated carbocycles. The summed E-state index contributed by atoms with van der Waals surface area (Å²) in [7, 11) is 2.10. The van der Waals surface area contributed by atoms with E-state index in [1.54, 1.807) is 28.7 Å². The van der Waals surface area contributed by atoms with Crippen molar-refractivity contribution in [3.05, 3.63) is 12.2 Å². The lowest BCUT2D eigenvalue weighted by Gasteiger charge is -2.13. The Morgan fingerprint density at radius 3 is 2.53 bits per heavy atom. The van der Waals surface area contributed by atoms with Crippen LogP contribution in [0.2, 0.25) is 0 Å². The van der Waals surface area contributed by atoms with Gasteiger partial charge in [-0.05, 0) is 26.1 Å². The Bertz CT molecular complexity index is 192. The summed E-state index contributed by atoms with van der Waals surface area (Å²) in [5.41, 5.74) is 0. The van der Waals surface area contributed by atoms with Crippen LogP contribution in [-0.2, 0) is 4.79 Å². The van der Waals surface area contributed by atoms with Crippen molar-refractivity contribution in [3.63, 3.8) is 0 Å². The van der Waals surface area contributed by atoms with Crippen molar-refractivity contribution in [1.82, 2.24) is 4.90 Å². The number of rotatable bonds is 9. The second-order valence-corrected chi connectivity index (χ2v) is 4.95. The maximum atomic E-state index is 10.6. The molecular weight excluding hydrogens is 301 g/mol. The highest BCUT2D eigenvalue weighted by Gasteiger charge is 1.95. The topological polar surface area (TPSA) is 20.3 Å². The molecule has 0 radical (unpaired) electrons. The highest BCUT2D eigenvalue weighted by molar-refractivity contribution is 14.1. The van der Waals surface area contributed by atoms with Gasteiger partial charge in [-0.25, -0.2) is 0 Å². The van der Waals surface area contributed by atoms with Crippen LogP contribution in [0.3, 0.4) is 0 Å². The Morgan fingerprint density at radius 2 is 1.93 bits per heavy atom. The first-order valence-corrected chi connectivity index (χ1v) is 6.79. The molecule has 0 atom stereocenters. The zero-order chi connectivity index (χ0) is 11.5. The van der Waals surface area contributed by atoms with Gasteiger partial charge in [0, 0.05) is 29.1 Å². The summed E-state index contributed by atoms with van der Waals surface area (Å²) in [4.78, 5) is 12.9. The summed E-state index contributed by atoms with van der Waals surface area (Å²) in [6.07, 6.45) is 10.2. The molecular formula is C12H22INO. The molecule has 0 aliphatic carbocycles. The van der Waals surface area contributed by atoms with Gasteiger partial charge in [0.1, 0.15) is 0 Å². The number of hydrogen-bond acceptors (Lipinski definition) is 2. The minimum Gasteiger partial charge on any atom is -0.303 e. The van der Waals surface area contributed by atoms with Crippen molar-refractivity contribution < 1.29 is 4.79 Å². The fourth-order valence-electron chi connectivity index (χ4n) is 1.40. The minimum atomic E-state index is 0.101. The molecule has 0 heterocycles. The van der Waals surface area contributed by atoms with Crippen molar-refractivity contribution in [2.75, 3.05) is 20.1 Å². The Kier molecular flexibility index (Phi) is 10.7. The molecule has 0 aromatic rings. The van der Waals surface area contributed by atoms with E-state index in [1.807, 2.05) is 6.08 Å². The molecule has 0 amide bonds. The Balaban J connectivity index is 3.33. The van der Waals surface area contributed by atoms with Gasteiger partial charge >= 0.3 is 0 Å². The van der Waals surface area contributed by atoms with E-state index in [2.05, 4.69) is 18.9 Å². The number of allylic oxidation sites excluding steroid dienone is 1. The van der Waals surface area contributed by atoms with Crippen LogP contribution in [0.4, 0.5) is 0 Å². The monoisotopic (exact) mass is 323 g/mol. The third-order valence-electron chi connectivity index (χ3n) is 2.31. The van der Waals surface area contributed by atoms with Crippen molar-refractivity contribution >= 4 is 26.4 Å². The number of carbonyl (C=O) groups excluding carboxylic acids is 1. The molecule has 0 aliphatic rings. The van der Waals surface area contributed by atoms with E-state index in [0.717, 1.165) is 13.1 Å². The maximum Gasteiger partial charge on any atom is 0.214 e. The molecule has 0 aliphatic heterocycles. The van der Waals surface area contributed by atoms with Crippen LogP contribution in [0.5, 0.6) is 0 Å². The number of carbonyl (C=O) groups is 1. The lowest BCUT2D eigenvalue weighted by molar-refractivity contribution is -0.105. The predicted molar refractivity (Wildman–Crippen MR) is 74.4 cm³/mol. The Labute approximate surface area is 107 Å². The first-order chi connectivity index (χ1) is 7.16. The third-order valence-corrected chi connectivity index (χ3v) is 2.67. The molecule has 0 fully saturated rings. The fourth-order valence-corrected chi connectivity index (χ4v) is 1.66. The minimum absolute atomic E-state index is 0.101. The van der Waals surface area contributed by atoms with Crippen LogP contribution >= 0.6 is 22.6 Å². The van der Waals surface area contributed by atoms with Crippen molar-refractivity contribution in [2.24, 2.45) is 0 Å². The summed E-state index contributed by atoms with van der Waals surface area (Å²) in [5.74, 6) is 0. The smallest absolute Gasteiger partial charge is 0.214 e. The molecule has 0 unspecified atom stereocenters. The second-order valence-electron chi connectivity index (χ2n) is 3.88. The predicted octanol–water partition coefficient (Wildman–Crippen LogP) is 3.41. The molecule has 88 valence electrons. The van der Waals surface area contributed by atoms with Crippen LogP contribution in [0.25, 0.3) is 0 Å². The van der Waals surface area contributed by atoms with Gasteiger partial charge in [-0.1, -0.05) is 38.7 Å². The summed E-state index contributed by atoms with van der Waals surface area (Å²) in [6, 6.07) is 0. The van der Waals surface area contributed by atoms with Gasteiger partial charge in [-0.2, -0.15) is 0 Å². The van der Waals surface area contributed by atoms with E-state index in [0.29, 0.717) is 0 Å². The van der Waals surface area contributed by atoms with E-state index in [4.69, 9.17) is 0 Å². The van der Waals surface area contributed by atoms with Gasteiger partial charge in [-0.3, -0.25) is 4.79 Å². The van der Waals surface area contributed by atoms with Gasteiger partial charge in [0.15, 0.2) is 0 Å². The summed E-state index contributed by atoms with van der Waals surface area (Å²) in [5, 5.41) is 0. The van der Waals surface area contributed by atoms with Gasteiger partial charge in [-0.15, -0.1) is 0 Å². The molecule has 0 saturated heterocycles. The standard InChI is InChI=1S/C12H22INO/c1-3-4-5-6-7-10-14(2)11-8-9-12(13)15/h8-9H,3-7,10-11H2,1-2H3/b9-8+. The normalized spacial score (nSPS) is 11.5. The maximum absolute atomic E-state index is 10.6. The molecule has 0 bridgehead atoms. The second kappa shape index (κ2) is 10.6. The molecule has 0 rings (SSSR count). The number of unbranched alkanes of at least 4 members (excludes halogenated alkanes) is 4. The lowest BCUT2D eigenvalue weighted by atomic mass is 10.1. The Hall–Kier alpha value is 0.1000. The summed E-state index contributed by atoms with van der Waals surface area (Å²) >= 11 is 1.79. The zero-order valence-corrected chi connectivity index (χ0v) is 12.0. The van der Waals surface area contributed by atoms with E-state index < -0.39 is 0 Å². The number of hydrogen-bond donors (Lipinski definition) is 0. The van der Waals surface area contributed by atoms with Gasteiger partial charge in [0.2, 0.25) is 3.79 Å². The molecule has 15 heavy (non-hydrogen) atoms. The molecule has 0 aromatic carbocycles. The van der Waals surface area contributed by atoms with E-state index in [9.17, 15) is 4.79 Å². The highest BCUT2D eigenvalue weighted by atomic mass is 127. The highest BCUT2D eigenvalue weighted by Crippen LogP contribution is 2.03. The van der Waals surface area contributed by atoms with Gasteiger partial charge < -0.3 is 4.90 Å². The summed E-state index contributed by atoms with van der Waals surface area (Å²) < 4.78 is 0.101. The quantitative estimate of drug-likeness (QED) is 0.280. The first kappa shape index (κ1) is 15.1. The van der Waals surface area contributed by atoms with E-state index in [-0.39, 0.29) is 3.79 Å². The van der Waals surface area contributed by atoms with Crippen LogP contribution in [0.15, 0.2) is 12.2 Å². The van der Waals surface area contributed by atoms with Crippen LogP contribution in [-0.4, -0.2) is 28.8 Å². The van der Waals surface area contributed by atoms with E-state index in [1.165, 1.54) is 32.1 Å².